The minimum absolute atomic E-state index is 0.0341. The Balaban J connectivity index is 1.57. The number of amides is 2. The molecule has 7 heteroatoms. The van der Waals surface area contributed by atoms with Gasteiger partial charge in [0.05, 0.1) is 4.91 Å². The molecule has 2 aliphatic rings. The Kier molecular flexibility index (Phi) is 7.21. The lowest BCUT2D eigenvalue weighted by Gasteiger charge is -2.39. The Morgan fingerprint density at radius 1 is 1.44 bits per heavy atom. The molecule has 2 amide bonds. The summed E-state index contributed by atoms with van der Waals surface area (Å²) in [7, 11) is 1.65. The number of carbonyl (C=O) groups excluding carboxylic acids is 2. The van der Waals surface area contributed by atoms with Crippen LogP contribution in [-0.2, 0) is 14.3 Å². The first kappa shape index (κ1) is 20.2. The number of hydrogen-bond acceptors (Lipinski definition) is 4. The number of carbonyl (C=O) groups is 2. The van der Waals surface area contributed by atoms with Crippen molar-refractivity contribution in [1.82, 2.24) is 10.6 Å². The summed E-state index contributed by atoms with van der Waals surface area (Å²) in [5.41, 5.74) is 0.919. The van der Waals surface area contributed by atoms with Gasteiger partial charge in [-0.3, -0.25) is 9.59 Å². The predicted molar refractivity (Wildman–Crippen MR) is 110 cm³/mol. The van der Waals surface area contributed by atoms with Gasteiger partial charge in [0.25, 0.3) is 5.91 Å². The molecule has 1 aromatic carbocycles. The first-order valence-electron chi connectivity index (χ1n) is 9.28. The monoisotopic (exact) mass is 408 g/mol. The summed E-state index contributed by atoms with van der Waals surface area (Å²) in [6.45, 7) is 1.27. The van der Waals surface area contributed by atoms with Crippen molar-refractivity contribution in [2.75, 3.05) is 20.3 Å². The summed E-state index contributed by atoms with van der Waals surface area (Å²) in [4.78, 5) is 25.6. The van der Waals surface area contributed by atoms with Gasteiger partial charge in [0.1, 0.15) is 0 Å². The highest BCUT2D eigenvalue weighted by Gasteiger charge is 2.39. The Hall–Kier alpha value is -1.50. The molecule has 3 atom stereocenters. The standard InChI is InChI=1S/C20H25ClN2O3S/c1-26-9-3-8-22-19(24)14-6-7-17-16(12-14)23-20(25)18(27-17)11-13-4-2-5-15(21)10-13/h2,4-5,10-11,14,16-17H,3,6-9,12H2,1H3,(H,22,24)(H,23,25)/b18-11+. The van der Waals surface area contributed by atoms with Crippen molar-refractivity contribution in [3.05, 3.63) is 39.8 Å². The number of hydrogen-bond donors (Lipinski definition) is 2. The molecule has 1 heterocycles. The molecule has 0 radical (unpaired) electrons. The quantitative estimate of drug-likeness (QED) is 0.560. The average Bonchev–Trinajstić information content (AvgIpc) is 2.65. The zero-order valence-electron chi connectivity index (χ0n) is 15.4. The number of ether oxygens (including phenoxy) is 1. The fourth-order valence-corrected chi connectivity index (χ4v) is 5.04. The topological polar surface area (TPSA) is 67.4 Å². The van der Waals surface area contributed by atoms with E-state index in [1.54, 1.807) is 18.9 Å². The van der Waals surface area contributed by atoms with Gasteiger partial charge in [0.15, 0.2) is 0 Å². The van der Waals surface area contributed by atoms with Gasteiger partial charge >= 0.3 is 0 Å². The number of benzene rings is 1. The van der Waals surface area contributed by atoms with Crippen LogP contribution in [0.2, 0.25) is 5.02 Å². The summed E-state index contributed by atoms with van der Waals surface area (Å²) < 4.78 is 5.00. The molecule has 1 aliphatic heterocycles. The Bertz CT molecular complexity index is 725. The van der Waals surface area contributed by atoms with Crippen molar-refractivity contribution < 1.29 is 14.3 Å². The van der Waals surface area contributed by atoms with E-state index in [1.807, 2.05) is 30.3 Å². The molecule has 3 unspecified atom stereocenters. The first-order chi connectivity index (χ1) is 13.1. The summed E-state index contributed by atoms with van der Waals surface area (Å²) in [6.07, 6.45) is 5.16. The van der Waals surface area contributed by atoms with Gasteiger partial charge in [-0.05, 0) is 49.5 Å². The predicted octanol–water partition coefficient (Wildman–Crippen LogP) is 3.23. The maximum atomic E-state index is 12.5. The smallest absolute Gasteiger partial charge is 0.257 e. The summed E-state index contributed by atoms with van der Waals surface area (Å²) in [6, 6.07) is 7.51. The van der Waals surface area contributed by atoms with Gasteiger partial charge in [-0.2, -0.15) is 0 Å². The molecular weight excluding hydrogens is 384 g/mol. The SMILES string of the molecule is COCCCNC(=O)C1CCC2S/C(=C/c3cccc(Cl)c3)C(=O)NC2C1. The lowest BCUT2D eigenvalue weighted by molar-refractivity contribution is -0.127. The van der Waals surface area contributed by atoms with Crippen molar-refractivity contribution >= 4 is 41.3 Å². The maximum Gasteiger partial charge on any atom is 0.257 e. The Labute approximate surface area is 169 Å². The number of nitrogens with one attached hydrogen (secondary N) is 2. The second-order valence-electron chi connectivity index (χ2n) is 6.95. The summed E-state index contributed by atoms with van der Waals surface area (Å²) >= 11 is 7.65. The number of fused-ring (bicyclic) bond motifs is 1. The minimum atomic E-state index is -0.0672. The fraction of sp³-hybridized carbons (Fsp3) is 0.500. The van der Waals surface area contributed by atoms with Crippen LogP contribution < -0.4 is 10.6 Å². The molecule has 2 N–H and O–H groups in total. The summed E-state index contributed by atoms with van der Waals surface area (Å²) in [5.74, 6) is -0.0143. The van der Waals surface area contributed by atoms with Crippen LogP contribution >= 0.6 is 23.4 Å². The van der Waals surface area contributed by atoms with Gasteiger partial charge in [-0.1, -0.05) is 23.7 Å². The van der Waals surface area contributed by atoms with Crippen LogP contribution in [0.4, 0.5) is 0 Å². The number of rotatable bonds is 6. The third kappa shape index (κ3) is 5.50. The van der Waals surface area contributed by atoms with E-state index in [0.717, 1.165) is 24.8 Å². The molecular formula is C20H25ClN2O3S. The molecule has 146 valence electrons. The van der Waals surface area contributed by atoms with E-state index in [9.17, 15) is 9.59 Å². The molecule has 1 saturated heterocycles. The van der Waals surface area contributed by atoms with Crippen molar-refractivity contribution in [2.24, 2.45) is 5.92 Å². The zero-order chi connectivity index (χ0) is 19.2. The van der Waals surface area contributed by atoms with Gasteiger partial charge in [0.2, 0.25) is 5.91 Å². The van der Waals surface area contributed by atoms with Crippen LogP contribution in [0.3, 0.4) is 0 Å². The normalized spacial score (nSPS) is 26.4. The molecule has 1 aromatic rings. The first-order valence-corrected chi connectivity index (χ1v) is 10.5. The highest BCUT2D eigenvalue weighted by molar-refractivity contribution is 8.04. The van der Waals surface area contributed by atoms with Crippen LogP contribution in [0, 0.1) is 5.92 Å². The third-order valence-corrected chi connectivity index (χ3v) is 6.61. The Morgan fingerprint density at radius 3 is 3.07 bits per heavy atom. The Morgan fingerprint density at radius 2 is 2.30 bits per heavy atom. The zero-order valence-corrected chi connectivity index (χ0v) is 16.9. The number of thioether (sulfide) groups is 1. The second kappa shape index (κ2) is 9.62. The van der Waals surface area contributed by atoms with E-state index in [4.69, 9.17) is 16.3 Å². The fourth-order valence-electron chi connectivity index (χ4n) is 3.55. The maximum absolute atomic E-state index is 12.5. The van der Waals surface area contributed by atoms with Crippen molar-refractivity contribution in [3.63, 3.8) is 0 Å². The van der Waals surface area contributed by atoms with Crippen LogP contribution in [-0.4, -0.2) is 43.4 Å². The molecule has 3 rings (SSSR count). The van der Waals surface area contributed by atoms with E-state index in [2.05, 4.69) is 10.6 Å². The molecule has 0 spiro atoms. The summed E-state index contributed by atoms with van der Waals surface area (Å²) in [5, 5.41) is 7.05. The lowest BCUT2D eigenvalue weighted by atomic mass is 9.84. The molecule has 0 aromatic heterocycles. The van der Waals surface area contributed by atoms with E-state index < -0.39 is 0 Å². The number of halogens is 1. The van der Waals surface area contributed by atoms with Crippen molar-refractivity contribution in [1.29, 1.82) is 0 Å². The third-order valence-electron chi connectivity index (χ3n) is 4.95. The molecule has 0 bridgehead atoms. The molecule has 5 nitrogen and oxygen atoms in total. The average molecular weight is 409 g/mol. The van der Waals surface area contributed by atoms with Crippen molar-refractivity contribution in [3.8, 4) is 0 Å². The van der Waals surface area contributed by atoms with Gasteiger partial charge in [0, 0.05) is 42.5 Å². The van der Waals surface area contributed by atoms with Crippen LogP contribution in [0.25, 0.3) is 6.08 Å². The van der Waals surface area contributed by atoms with Crippen LogP contribution in [0.15, 0.2) is 29.2 Å². The molecule has 1 aliphatic carbocycles. The van der Waals surface area contributed by atoms with E-state index >= 15 is 0 Å². The largest absolute Gasteiger partial charge is 0.385 e. The van der Waals surface area contributed by atoms with Crippen molar-refractivity contribution in [2.45, 2.75) is 37.0 Å². The lowest BCUT2D eigenvalue weighted by Crippen LogP contribution is -2.51. The van der Waals surface area contributed by atoms with Crippen LogP contribution in [0.1, 0.15) is 31.2 Å². The van der Waals surface area contributed by atoms with Crippen LogP contribution in [0.5, 0.6) is 0 Å². The molecule has 2 fully saturated rings. The highest BCUT2D eigenvalue weighted by Crippen LogP contribution is 2.40. The van der Waals surface area contributed by atoms with E-state index in [1.165, 1.54) is 0 Å². The van der Waals surface area contributed by atoms with Gasteiger partial charge in [-0.25, -0.2) is 0 Å². The molecule has 1 saturated carbocycles. The minimum Gasteiger partial charge on any atom is -0.385 e. The van der Waals surface area contributed by atoms with E-state index in [-0.39, 0.29) is 23.8 Å². The molecule has 27 heavy (non-hydrogen) atoms. The van der Waals surface area contributed by atoms with E-state index in [0.29, 0.717) is 34.8 Å². The number of methoxy groups -OCH3 is 1. The van der Waals surface area contributed by atoms with Gasteiger partial charge < -0.3 is 15.4 Å². The highest BCUT2D eigenvalue weighted by atomic mass is 35.5. The van der Waals surface area contributed by atoms with Gasteiger partial charge in [-0.15, -0.1) is 11.8 Å². The second-order valence-corrected chi connectivity index (χ2v) is 8.66.